The Balaban J connectivity index is 1.83. The van der Waals surface area contributed by atoms with E-state index in [2.05, 4.69) is 74.6 Å². The van der Waals surface area contributed by atoms with E-state index in [4.69, 9.17) is 0 Å². The maximum absolute atomic E-state index is 3.72. The molecule has 1 saturated carbocycles. The molecule has 1 aliphatic carbocycles. The Bertz CT molecular complexity index is 582. The minimum Gasteiger partial charge on any atom is -0.310 e. The third kappa shape index (κ3) is 3.19. The molecule has 21 heavy (non-hydrogen) atoms. The fourth-order valence-corrected chi connectivity index (χ4v) is 3.59. The zero-order chi connectivity index (χ0) is 14.8. The van der Waals surface area contributed by atoms with Crippen molar-refractivity contribution in [1.82, 2.24) is 5.32 Å². The molecule has 3 atom stereocenters. The molecular formula is C20H25N. The number of hydrogen-bond donors (Lipinski definition) is 1. The molecule has 0 amide bonds. The lowest BCUT2D eigenvalue weighted by Gasteiger charge is -2.20. The van der Waals surface area contributed by atoms with Gasteiger partial charge in [-0.05, 0) is 49.8 Å². The molecule has 0 radical (unpaired) electrons. The first-order valence-electron chi connectivity index (χ1n) is 8.05. The molecule has 0 aliphatic heterocycles. The van der Waals surface area contributed by atoms with Crippen LogP contribution in [0, 0.1) is 19.8 Å². The first kappa shape index (κ1) is 14.3. The Kier molecular flexibility index (Phi) is 4.12. The van der Waals surface area contributed by atoms with Crippen LogP contribution in [-0.4, -0.2) is 6.54 Å². The van der Waals surface area contributed by atoms with Crippen molar-refractivity contribution in [3.63, 3.8) is 0 Å². The lowest BCUT2D eigenvalue weighted by molar-refractivity contribution is 0.486. The number of hydrogen-bond acceptors (Lipinski definition) is 1. The minimum atomic E-state index is 0.485. The molecule has 0 heterocycles. The van der Waals surface area contributed by atoms with Gasteiger partial charge in [-0.15, -0.1) is 0 Å². The second-order valence-corrected chi connectivity index (χ2v) is 6.37. The minimum absolute atomic E-state index is 0.485. The van der Waals surface area contributed by atoms with Gasteiger partial charge < -0.3 is 5.32 Å². The van der Waals surface area contributed by atoms with Gasteiger partial charge in [-0.1, -0.05) is 66.6 Å². The number of nitrogens with one attached hydrogen (secondary N) is 1. The van der Waals surface area contributed by atoms with Gasteiger partial charge in [0.2, 0.25) is 0 Å². The van der Waals surface area contributed by atoms with E-state index in [9.17, 15) is 0 Å². The van der Waals surface area contributed by atoms with Gasteiger partial charge in [-0.3, -0.25) is 0 Å². The highest BCUT2D eigenvalue weighted by Gasteiger charge is 2.44. The summed E-state index contributed by atoms with van der Waals surface area (Å²) in [5.74, 6) is 1.45. The second-order valence-electron chi connectivity index (χ2n) is 6.37. The fourth-order valence-electron chi connectivity index (χ4n) is 3.59. The summed E-state index contributed by atoms with van der Waals surface area (Å²) >= 11 is 0. The Hall–Kier alpha value is -1.60. The van der Waals surface area contributed by atoms with E-state index in [1.54, 1.807) is 0 Å². The van der Waals surface area contributed by atoms with Gasteiger partial charge in [0.05, 0.1) is 0 Å². The smallest absolute Gasteiger partial charge is 0.0354 e. The van der Waals surface area contributed by atoms with Gasteiger partial charge in [-0.25, -0.2) is 0 Å². The predicted octanol–water partition coefficient (Wildman–Crippen LogP) is 4.76. The first-order chi connectivity index (χ1) is 10.2. The highest BCUT2D eigenvalue weighted by molar-refractivity contribution is 5.34. The van der Waals surface area contributed by atoms with Crippen molar-refractivity contribution in [3.05, 3.63) is 70.8 Å². The van der Waals surface area contributed by atoms with Crippen molar-refractivity contribution in [2.24, 2.45) is 5.92 Å². The van der Waals surface area contributed by atoms with Gasteiger partial charge in [0.15, 0.2) is 0 Å². The molecule has 3 unspecified atom stereocenters. The van der Waals surface area contributed by atoms with Crippen LogP contribution in [0.15, 0.2) is 48.5 Å². The van der Waals surface area contributed by atoms with Gasteiger partial charge in [-0.2, -0.15) is 0 Å². The third-order valence-corrected chi connectivity index (χ3v) is 4.52. The van der Waals surface area contributed by atoms with Gasteiger partial charge in [0.1, 0.15) is 0 Å². The molecule has 2 aromatic carbocycles. The van der Waals surface area contributed by atoms with Gasteiger partial charge in [0, 0.05) is 6.04 Å². The van der Waals surface area contributed by atoms with Crippen LogP contribution < -0.4 is 5.32 Å². The Labute approximate surface area is 128 Å². The normalized spacial score (nSPS) is 22.0. The van der Waals surface area contributed by atoms with Crippen molar-refractivity contribution < 1.29 is 0 Å². The van der Waals surface area contributed by atoms with Gasteiger partial charge >= 0.3 is 0 Å². The highest BCUT2D eigenvalue weighted by Crippen LogP contribution is 2.54. The summed E-state index contributed by atoms with van der Waals surface area (Å²) in [7, 11) is 0. The third-order valence-electron chi connectivity index (χ3n) is 4.52. The molecule has 1 nitrogen and oxygen atoms in total. The van der Waals surface area contributed by atoms with Crippen LogP contribution >= 0.6 is 0 Å². The fraction of sp³-hybridized carbons (Fsp3) is 0.400. The molecule has 0 aromatic heterocycles. The number of benzene rings is 2. The number of aryl methyl sites for hydroxylation is 2. The van der Waals surface area contributed by atoms with Crippen molar-refractivity contribution in [1.29, 1.82) is 0 Å². The van der Waals surface area contributed by atoms with Crippen LogP contribution in [0.25, 0.3) is 0 Å². The van der Waals surface area contributed by atoms with Crippen molar-refractivity contribution in [2.45, 2.75) is 39.2 Å². The van der Waals surface area contributed by atoms with E-state index in [1.807, 2.05) is 0 Å². The van der Waals surface area contributed by atoms with E-state index in [0.29, 0.717) is 6.04 Å². The van der Waals surface area contributed by atoms with E-state index < -0.39 is 0 Å². The lowest BCUT2D eigenvalue weighted by Crippen LogP contribution is -2.23. The Morgan fingerprint density at radius 3 is 2.33 bits per heavy atom. The van der Waals surface area contributed by atoms with Crippen LogP contribution in [0.2, 0.25) is 0 Å². The number of rotatable bonds is 5. The van der Waals surface area contributed by atoms with Crippen LogP contribution in [0.5, 0.6) is 0 Å². The van der Waals surface area contributed by atoms with Crippen LogP contribution in [0.1, 0.15) is 47.6 Å². The van der Waals surface area contributed by atoms with Crippen molar-refractivity contribution in [3.8, 4) is 0 Å². The quantitative estimate of drug-likeness (QED) is 0.832. The monoisotopic (exact) mass is 279 g/mol. The zero-order valence-corrected chi connectivity index (χ0v) is 13.3. The molecular weight excluding hydrogens is 254 g/mol. The highest BCUT2D eigenvalue weighted by atomic mass is 14.9. The second kappa shape index (κ2) is 6.03. The summed E-state index contributed by atoms with van der Waals surface area (Å²) in [5.41, 5.74) is 5.68. The molecule has 0 saturated heterocycles. The van der Waals surface area contributed by atoms with E-state index >= 15 is 0 Å². The zero-order valence-electron chi connectivity index (χ0n) is 13.3. The molecule has 1 fully saturated rings. The topological polar surface area (TPSA) is 12.0 Å². The summed E-state index contributed by atoms with van der Waals surface area (Å²) in [5, 5.41) is 3.72. The van der Waals surface area contributed by atoms with E-state index in [0.717, 1.165) is 18.4 Å². The van der Waals surface area contributed by atoms with Crippen molar-refractivity contribution >= 4 is 0 Å². The summed E-state index contributed by atoms with van der Waals surface area (Å²) in [6, 6.07) is 18.4. The summed E-state index contributed by atoms with van der Waals surface area (Å²) in [6.07, 6.45) is 1.30. The summed E-state index contributed by atoms with van der Waals surface area (Å²) < 4.78 is 0. The van der Waals surface area contributed by atoms with Crippen molar-refractivity contribution in [2.75, 3.05) is 6.54 Å². The summed E-state index contributed by atoms with van der Waals surface area (Å²) in [6.45, 7) is 7.62. The largest absolute Gasteiger partial charge is 0.310 e. The van der Waals surface area contributed by atoms with Crippen LogP contribution in [-0.2, 0) is 0 Å². The maximum atomic E-state index is 3.72. The summed E-state index contributed by atoms with van der Waals surface area (Å²) in [4.78, 5) is 0. The van der Waals surface area contributed by atoms with E-state index in [-0.39, 0.29) is 0 Å². The molecule has 3 rings (SSSR count). The standard InChI is InChI=1S/C20H25N/c1-4-21-20(17-11-14(2)10-15(3)12-17)19-13-18(19)16-8-6-5-7-9-16/h5-12,18-21H,4,13H2,1-3H3. The molecule has 0 spiro atoms. The SMILES string of the molecule is CCNC(c1cc(C)cc(C)c1)C1CC1c1ccccc1. The molecule has 110 valence electrons. The average Bonchev–Trinajstić information content (AvgIpc) is 3.25. The molecule has 2 aromatic rings. The maximum Gasteiger partial charge on any atom is 0.0354 e. The van der Waals surface area contributed by atoms with E-state index in [1.165, 1.54) is 28.7 Å². The Morgan fingerprint density at radius 1 is 1.05 bits per heavy atom. The molecule has 1 N–H and O–H groups in total. The molecule has 1 heteroatoms. The molecule has 1 aliphatic rings. The molecule has 0 bridgehead atoms. The van der Waals surface area contributed by atoms with Crippen LogP contribution in [0.4, 0.5) is 0 Å². The Morgan fingerprint density at radius 2 is 1.71 bits per heavy atom. The predicted molar refractivity (Wildman–Crippen MR) is 89.6 cm³/mol. The average molecular weight is 279 g/mol. The first-order valence-corrected chi connectivity index (χ1v) is 8.05. The van der Waals surface area contributed by atoms with Gasteiger partial charge in [0.25, 0.3) is 0 Å². The van der Waals surface area contributed by atoms with Crippen LogP contribution in [0.3, 0.4) is 0 Å². The lowest BCUT2D eigenvalue weighted by atomic mass is 9.95.